The van der Waals surface area contributed by atoms with Crippen LogP contribution in [-0.2, 0) is 4.74 Å². The van der Waals surface area contributed by atoms with Crippen LogP contribution < -0.4 is 5.73 Å². The van der Waals surface area contributed by atoms with E-state index in [2.05, 4.69) is 27.7 Å². The fraction of sp³-hybridized carbons (Fsp3) is 1.00. The second-order valence-corrected chi connectivity index (χ2v) is 6.09. The van der Waals surface area contributed by atoms with Gasteiger partial charge in [0.2, 0.25) is 0 Å². The van der Waals surface area contributed by atoms with Crippen molar-refractivity contribution in [3.63, 3.8) is 0 Å². The highest BCUT2D eigenvalue weighted by Gasteiger charge is 2.34. The van der Waals surface area contributed by atoms with Gasteiger partial charge in [0.05, 0.1) is 5.60 Å². The first-order valence-electron chi connectivity index (χ1n) is 6.27. The van der Waals surface area contributed by atoms with Crippen molar-refractivity contribution < 1.29 is 4.74 Å². The zero-order chi connectivity index (χ0) is 11.5. The second-order valence-electron chi connectivity index (χ2n) is 6.09. The molecular formula is C13H27NO. The minimum absolute atomic E-state index is 0.0286. The molecule has 1 aliphatic carbocycles. The normalized spacial score (nSPS) is 32.2. The molecule has 2 nitrogen and oxygen atoms in total. The van der Waals surface area contributed by atoms with Crippen LogP contribution in [0.25, 0.3) is 0 Å². The van der Waals surface area contributed by atoms with E-state index in [9.17, 15) is 0 Å². The predicted octanol–water partition coefficient (Wildman–Crippen LogP) is 3.10. The van der Waals surface area contributed by atoms with Gasteiger partial charge in [-0.15, -0.1) is 0 Å². The van der Waals surface area contributed by atoms with Crippen LogP contribution in [0, 0.1) is 5.92 Å². The summed E-state index contributed by atoms with van der Waals surface area (Å²) in [6, 6.07) is 0. The van der Waals surface area contributed by atoms with E-state index >= 15 is 0 Å². The molecule has 0 radical (unpaired) electrons. The molecule has 1 saturated carbocycles. The molecule has 2 atom stereocenters. The van der Waals surface area contributed by atoms with Crippen molar-refractivity contribution in [2.45, 2.75) is 70.9 Å². The Bertz CT molecular complexity index is 197. The third-order valence-electron chi connectivity index (χ3n) is 3.46. The molecule has 1 fully saturated rings. The van der Waals surface area contributed by atoms with Gasteiger partial charge in [-0.3, -0.25) is 0 Å². The summed E-state index contributed by atoms with van der Waals surface area (Å²) in [7, 11) is 0. The minimum atomic E-state index is -0.0286. The number of rotatable bonds is 4. The molecule has 0 spiro atoms. The summed E-state index contributed by atoms with van der Waals surface area (Å²) >= 11 is 0. The number of hydrogen-bond acceptors (Lipinski definition) is 2. The van der Waals surface area contributed by atoms with Crippen molar-refractivity contribution in [2.24, 2.45) is 11.7 Å². The Morgan fingerprint density at radius 1 is 1.40 bits per heavy atom. The SMILES string of the molecule is CCC1CCC(N)(CCOC(C)(C)C)C1. The maximum absolute atomic E-state index is 6.37. The average Bonchev–Trinajstić information content (AvgIpc) is 2.45. The van der Waals surface area contributed by atoms with Gasteiger partial charge in [-0.1, -0.05) is 13.3 Å². The Labute approximate surface area is 94.6 Å². The molecule has 0 aliphatic heterocycles. The van der Waals surface area contributed by atoms with Gasteiger partial charge in [-0.05, 0) is 52.4 Å². The van der Waals surface area contributed by atoms with Crippen molar-refractivity contribution in [3.05, 3.63) is 0 Å². The molecule has 15 heavy (non-hydrogen) atoms. The Hall–Kier alpha value is -0.0800. The fourth-order valence-corrected chi connectivity index (χ4v) is 2.41. The smallest absolute Gasteiger partial charge is 0.0598 e. The molecule has 0 aromatic carbocycles. The molecule has 0 saturated heterocycles. The van der Waals surface area contributed by atoms with Crippen molar-refractivity contribution in [2.75, 3.05) is 6.61 Å². The van der Waals surface area contributed by atoms with Gasteiger partial charge in [-0.2, -0.15) is 0 Å². The van der Waals surface area contributed by atoms with E-state index in [4.69, 9.17) is 10.5 Å². The fourth-order valence-electron chi connectivity index (χ4n) is 2.41. The quantitative estimate of drug-likeness (QED) is 0.779. The van der Waals surface area contributed by atoms with Gasteiger partial charge < -0.3 is 10.5 Å². The number of ether oxygens (including phenoxy) is 1. The van der Waals surface area contributed by atoms with E-state index in [-0.39, 0.29) is 11.1 Å². The third kappa shape index (κ3) is 4.52. The van der Waals surface area contributed by atoms with Gasteiger partial charge in [-0.25, -0.2) is 0 Å². The van der Waals surface area contributed by atoms with Crippen LogP contribution >= 0.6 is 0 Å². The highest BCUT2D eigenvalue weighted by Crippen LogP contribution is 2.36. The van der Waals surface area contributed by atoms with E-state index < -0.39 is 0 Å². The topological polar surface area (TPSA) is 35.2 Å². The van der Waals surface area contributed by atoms with Gasteiger partial charge in [0.25, 0.3) is 0 Å². The molecule has 2 N–H and O–H groups in total. The van der Waals surface area contributed by atoms with Crippen LogP contribution in [-0.4, -0.2) is 17.7 Å². The van der Waals surface area contributed by atoms with Crippen molar-refractivity contribution in [1.29, 1.82) is 0 Å². The summed E-state index contributed by atoms with van der Waals surface area (Å²) in [5, 5.41) is 0. The largest absolute Gasteiger partial charge is 0.376 e. The van der Waals surface area contributed by atoms with Crippen molar-refractivity contribution >= 4 is 0 Å². The van der Waals surface area contributed by atoms with E-state index in [1.54, 1.807) is 0 Å². The Balaban J connectivity index is 2.26. The summed E-state index contributed by atoms with van der Waals surface area (Å²) < 4.78 is 5.75. The summed E-state index contributed by atoms with van der Waals surface area (Å²) in [5.74, 6) is 0.852. The van der Waals surface area contributed by atoms with Gasteiger partial charge in [0, 0.05) is 12.1 Å². The molecule has 2 heteroatoms. The average molecular weight is 213 g/mol. The molecule has 0 aromatic rings. The van der Waals surface area contributed by atoms with E-state index in [0.29, 0.717) is 0 Å². The highest BCUT2D eigenvalue weighted by molar-refractivity contribution is 4.92. The maximum atomic E-state index is 6.37. The lowest BCUT2D eigenvalue weighted by atomic mass is 9.93. The molecule has 90 valence electrons. The Morgan fingerprint density at radius 2 is 2.07 bits per heavy atom. The number of hydrogen-bond donors (Lipinski definition) is 1. The Morgan fingerprint density at radius 3 is 2.53 bits per heavy atom. The summed E-state index contributed by atoms with van der Waals surface area (Å²) in [6.07, 6.45) is 5.97. The van der Waals surface area contributed by atoms with Crippen LogP contribution in [0.2, 0.25) is 0 Å². The Kier molecular flexibility index (Phi) is 4.19. The second kappa shape index (κ2) is 4.84. The molecule has 0 bridgehead atoms. The minimum Gasteiger partial charge on any atom is -0.376 e. The lowest BCUT2D eigenvalue weighted by Gasteiger charge is -2.27. The maximum Gasteiger partial charge on any atom is 0.0598 e. The number of nitrogens with two attached hydrogens (primary N) is 1. The van der Waals surface area contributed by atoms with E-state index in [1.807, 2.05) is 0 Å². The van der Waals surface area contributed by atoms with Crippen molar-refractivity contribution in [3.8, 4) is 0 Å². The van der Waals surface area contributed by atoms with Gasteiger partial charge in [0.15, 0.2) is 0 Å². The van der Waals surface area contributed by atoms with E-state index in [0.717, 1.165) is 18.9 Å². The third-order valence-corrected chi connectivity index (χ3v) is 3.46. The molecule has 0 aromatic heterocycles. The van der Waals surface area contributed by atoms with Crippen LogP contribution in [0.5, 0.6) is 0 Å². The van der Waals surface area contributed by atoms with Crippen LogP contribution in [0.4, 0.5) is 0 Å². The molecule has 0 heterocycles. The first-order chi connectivity index (χ1) is 6.85. The first-order valence-corrected chi connectivity index (χ1v) is 6.27. The van der Waals surface area contributed by atoms with Crippen LogP contribution in [0.15, 0.2) is 0 Å². The summed E-state index contributed by atoms with van der Waals surface area (Å²) in [4.78, 5) is 0. The predicted molar refractivity (Wildman–Crippen MR) is 64.9 cm³/mol. The van der Waals surface area contributed by atoms with Gasteiger partial charge >= 0.3 is 0 Å². The lowest BCUT2D eigenvalue weighted by molar-refractivity contribution is -0.0111. The van der Waals surface area contributed by atoms with Crippen LogP contribution in [0.1, 0.15) is 59.8 Å². The standard InChI is InChI=1S/C13H27NO/c1-5-11-6-7-13(14,10-11)8-9-15-12(2,3)4/h11H,5-10,14H2,1-4H3. The highest BCUT2D eigenvalue weighted by atomic mass is 16.5. The summed E-state index contributed by atoms with van der Waals surface area (Å²) in [6.45, 7) is 9.36. The molecular weight excluding hydrogens is 186 g/mol. The summed E-state index contributed by atoms with van der Waals surface area (Å²) in [5.41, 5.74) is 6.41. The lowest BCUT2D eigenvalue weighted by Crippen LogP contribution is -2.39. The molecule has 1 rings (SSSR count). The molecule has 1 aliphatic rings. The first kappa shape index (κ1) is 13.0. The van der Waals surface area contributed by atoms with Crippen LogP contribution in [0.3, 0.4) is 0 Å². The monoisotopic (exact) mass is 213 g/mol. The molecule has 0 amide bonds. The molecule has 2 unspecified atom stereocenters. The zero-order valence-electron chi connectivity index (χ0n) is 10.8. The van der Waals surface area contributed by atoms with Crippen molar-refractivity contribution in [1.82, 2.24) is 0 Å². The zero-order valence-corrected chi connectivity index (χ0v) is 10.8. The van der Waals surface area contributed by atoms with E-state index in [1.165, 1.54) is 25.7 Å². The van der Waals surface area contributed by atoms with Gasteiger partial charge in [0.1, 0.15) is 0 Å².